The first-order valence-corrected chi connectivity index (χ1v) is 8.17. The van der Waals surface area contributed by atoms with Crippen molar-refractivity contribution in [3.63, 3.8) is 0 Å². The van der Waals surface area contributed by atoms with Gasteiger partial charge in [0.05, 0.1) is 11.7 Å². The number of hydrogen-bond acceptors (Lipinski definition) is 2. The van der Waals surface area contributed by atoms with E-state index < -0.39 is 0 Å². The summed E-state index contributed by atoms with van der Waals surface area (Å²) in [6, 6.07) is 4.90. The molecule has 20 heavy (non-hydrogen) atoms. The van der Waals surface area contributed by atoms with Gasteiger partial charge in [-0.25, -0.2) is 0 Å². The van der Waals surface area contributed by atoms with Crippen molar-refractivity contribution in [2.45, 2.75) is 25.6 Å². The first-order valence-electron chi connectivity index (χ1n) is 6.30. The van der Waals surface area contributed by atoms with Gasteiger partial charge in [-0.1, -0.05) is 39.1 Å². The quantitative estimate of drug-likeness (QED) is 0.725. The summed E-state index contributed by atoms with van der Waals surface area (Å²) in [6.45, 7) is 5.05. The fourth-order valence-electron chi connectivity index (χ4n) is 2.39. The van der Waals surface area contributed by atoms with Crippen LogP contribution < -0.4 is 0 Å². The molecular formula is C14H16BrCl2NO2. The molecule has 1 heterocycles. The Hall–Kier alpha value is -0.290. The number of morpholine rings is 1. The molecule has 0 saturated carbocycles. The number of ether oxygens (including phenoxy) is 1. The topological polar surface area (TPSA) is 29.5 Å². The molecule has 0 radical (unpaired) electrons. The summed E-state index contributed by atoms with van der Waals surface area (Å²) in [5, 5.41) is 1.62. The van der Waals surface area contributed by atoms with Crippen LogP contribution in [-0.2, 0) is 4.74 Å². The Balaban J connectivity index is 2.23. The van der Waals surface area contributed by atoms with Crippen molar-refractivity contribution in [1.82, 2.24) is 4.90 Å². The van der Waals surface area contributed by atoms with Crippen molar-refractivity contribution in [1.29, 1.82) is 0 Å². The van der Waals surface area contributed by atoms with Crippen LogP contribution in [-0.4, -0.2) is 40.9 Å². The molecule has 3 nitrogen and oxygen atoms in total. The number of carbonyl (C=O) groups is 1. The van der Waals surface area contributed by atoms with Gasteiger partial charge in [0.15, 0.2) is 0 Å². The average Bonchev–Trinajstić information content (AvgIpc) is 2.34. The molecule has 0 aliphatic carbocycles. The van der Waals surface area contributed by atoms with Crippen LogP contribution in [0.2, 0.25) is 10.0 Å². The Bertz CT molecular complexity index is 502. The molecule has 1 atom stereocenters. The van der Waals surface area contributed by atoms with Crippen LogP contribution in [0.1, 0.15) is 24.2 Å². The van der Waals surface area contributed by atoms with Gasteiger partial charge >= 0.3 is 0 Å². The predicted molar refractivity (Wildman–Crippen MR) is 85.1 cm³/mol. The van der Waals surface area contributed by atoms with E-state index in [1.54, 1.807) is 23.1 Å². The zero-order valence-electron chi connectivity index (χ0n) is 11.3. The van der Waals surface area contributed by atoms with E-state index in [0.717, 1.165) is 0 Å². The summed E-state index contributed by atoms with van der Waals surface area (Å²) in [5.41, 5.74) is 0.142. The second-order valence-electron chi connectivity index (χ2n) is 5.50. The van der Waals surface area contributed by atoms with Gasteiger partial charge in [0.25, 0.3) is 5.91 Å². The molecule has 1 fully saturated rings. The summed E-state index contributed by atoms with van der Waals surface area (Å²) in [4.78, 5) is 14.4. The first-order chi connectivity index (χ1) is 9.30. The fraction of sp³-hybridized carbons (Fsp3) is 0.500. The van der Waals surface area contributed by atoms with Gasteiger partial charge in [0.2, 0.25) is 0 Å². The lowest BCUT2D eigenvalue weighted by Gasteiger charge is -2.42. The van der Waals surface area contributed by atoms with Gasteiger partial charge < -0.3 is 9.64 Å². The van der Waals surface area contributed by atoms with Gasteiger partial charge in [-0.3, -0.25) is 4.79 Å². The van der Waals surface area contributed by atoms with E-state index in [9.17, 15) is 4.79 Å². The maximum Gasteiger partial charge on any atom is 0.254 e. The van der Waals surface area contributed by atoms with Crippen molar-refractivity contribution >= 4 is 45.0 Å². The maximum atomic E-state index is 12.6. The Morgan fingerprint density at radius 2 is 2.00 bits per heavy atom. The molecule has 1 aliphatic rings. The molecule has 1 saturated heterocycles. The summed E-state index contributed by atoms with van der Waals surface area (Å²) in [5.74, 6) is -0.0725. The second-order valence-corrected chi connectivity index (χ2v) is 7.02. The third kappa shape index (κ3) is 3.88. The van der Waals surface area contributed by atoms with Crippen molar-refractivity contribution < 1.29 is 9.53 Å². The summed E-state index contributed by atoms with van der Waals surface area (Å²) < 4.78 is 5.89. The molecule has 1 aliphatic heterocycles. The summed E-state index contributed by atoms with van der Waals surface area (Å²) in [6.07, 6.45) is -0.0163. The Labute approximate surface area is 137 Å². The van der Waals surface area contributed by atoms with Crippen LogP contribution in [0.25, 0.3) is 0 Å². The maximum absolute atomic E-state index is 12.6. The number of carbonyl (C=O) groups excluding carboxylic acids is 1. The highest BCUT2D eigenvalue weighted by Crippen LogP contribution is 2.25. The van der Waals surface area contributed by atoms with Gasteiger partial charge in [-0.2, -0.15) is 0 Å². The number of amides is 1. The molecular weight excluding hydrogens is 365 g/mol. The third-order valence-corrected chi connectivity index (χ3v) is 4.21. The smallest absolute Gasteiger partial charge is 0.254 e. The van der Waals surface area contributed by atoms with E-state index in [1.165, 1.54) is 0 Å². The minimum atomic E-state index is -0.366. The molecule has 0 aromatic heterocycles. The zero-order chi connectivity index (χ0) is 14.9. The SMILES string of the molecule is CC1(C)CN(C(=O)c2cc(Cl)cc(Cl)c2)CC(CBr)O1. The standard InChI is InChI=1S/C14H16BrCl2NO2/c1-14(2)8-18(7-12(6-15)20-14)13(19)9-3-10(16)5-11(17)4-9/h3-5,12H,6-8H2,1-2H3. The molecule has 0 N–H and O–H groups in total. The highest BCUT2D eigenvalue weighted by atomic mass is 79.9. The molecule has 6 heteroatoms. The van der Waals surface area contributed by atoms with E-state index in [4.69, 9.17) is 27.9 Å². The fourth-order valence-corrected chi connectivity index (χ4v) is 3.25. The van der Waals surface area contributed by atoms with E-state index in [0.29, 0.717) is 34.0 Å². The summed E-state index contributed by atoms with van der Waals surface area (Å²) >= 11 is 15.3. The van der Waals surface area contributed by atoms with Crippen molar-refractivity contribution in [2.24, 2.45) is 0 Å². The lowest BCUT2D eigenvalue weighted by atomic mass is 10.0. The number of rotatable bonds is 2. The molecule has 1 amide bonds. The average molecular weight is 381 g/mol. The largest absolute Gasteiger partial charge is 0.368 e. The van der Waals surface area contributed by atoms with E-state index >= 15 is 0 Å². The van der Waals surface area contributed by atoms with E-state index in [-0.39, 0.29) is 17.6 Å². The normalized spacial score (nSPS) is 21.9. The minimum Gasteiger partial charge on any atom is -0.368 e. The van der Waals surface area contributed by atoms with Crippen LogP contribution >= 0.6 is 39.1 Å². The molecule has 1 aromatic carbocycles. The molecule has 110 valence electrons. The number of benzene rings is 1. The number of nitrogens with zero attached hydrogens (tertiary/aromatic N) is 1. The van der Waals surface area contributed by atoms with Crippen LogP contribution in [0.5, 0.6) is 0 Å². The van der Waals surface area contributed by atoms with Crippen LogP contribution in [0.4, 0.5) is 0 Å². The Kier molecular flexibility index (Phi) is 5.00. The van der Waals surface area contributed by atoms with Gasteiger partial charge in [-0.05, 0) is 32.0 Å². The van der Waals surface area contributed by atoms with Crippen LogP contribution in [0, 0.1) is 0 Å². The lowest BCUT2D eigenvalue weighted by Crippen LogP contribution is -2.55. The molecule has 1 unspecified atom stereocenters. The molecule has 0 spiro atoms. The molecule has 2 rings (SSSR count). The van der Waals surface area contributed by atoms with Gasteiger partial charge in [0.1, 0.15) is 0 Å². The van der Waals surface area contributed by atoms with Crippen molar-refractivity contribution in [2.75, 3.05) is 18.4 Å². The zero-order valence-corrected chi connectivity index (χ0v) is 14.4. The predicted octanol–water partition coefficient (Wildman–Crippen LogP) is 4.01. The highest BCUT2D eigenvalue weighted by molar-refractivity contribution is 9.09. The second kappa shape index (κ2) is 6.22. The third-order valence-electron chi connectivity index (χ3n) is 3.05. The van der Waals surface area contributed by atoms with Crippen LogP contribution in [0.15, 0.2) is 18.2 Å². The lowest BCUT2D eigenvalue weighted by molar-refractivity contribution is -0.116. The van der Waals surface area contributed by atoms with Crippen molar-refractivity contribution in [3.05, 3.63) is 33.8 Å². The summed E-state index contributed by atoms with van der Waals surface area (Å²) in [7, 11) is 0. The van der Waals surface area contributed by atoms with Crippen LogP contribution in [0.3, 0.4) is 0 Å². The van der Waals surface area contributed by atoms with Gasteiger partial charge in [-0.15, -0.1) is 0 Å². The van der Waals surface area contributed by atoms with E-state index in [1.807, 2.05) is 13.8 Å². The monoisotopic (exact) mass is 379 g/mol. The van der Waals surface area contributed by atoms with E-state index in [2.05, 4.69) is 15.9 Å². The Morgan fingerprint density at radius 3 is 2.55 bits per heavy atom. The molecule has 0 bridgehead atoms. The number of alkyl halides is 1. The minimum absolute atomic E-state index is 0.0163. The number of halogens is 3. The first kappa shape index (κ1) is 16.1. The number of hydrogen-bond donors (Lipinski definition) is 0. The Morgan fingerprint density at radius 1 is 1.40 bits per heavy atom. The van der Waals surface area contributed by atoms with Crippen molar-refractivity contribution in [3.8, 4) is 0 Å². The van der Waals surface area contributed by atoms with Gasteiger partial charge in [0, 0.05) is 34.0 Å². The molecule has 1 aromatic rings. The highest BCUT2D eigenvalue weighted by Gasteiger charge is 2.35.